The third-order valence-electron chi connectivity index (χ3n) is 4.35. The molecule has 0 aliphatic carbocycles. The third-order valence-corrected chi connectivity index (χ3v) is 4.59. The van der Waals surface area contributed by atoms with E-state index in [0.717, 1.165) is 11.1 Å². The van der Waals surface area contributed by atoms with E-state index in [1.165, 1.54) is 0 Å². The maximum Gasteiger partial charge on any atom is 0.258 e. The summed E-state index contributed by atoms with van der Waals surface area (Å²) in [5, 5.41) is 0.988. The van der Waals surface area contributed by atoms with Crippen molar-refractivity contribution in [3.8, 4) is 0 Å². The van der Waals surface area contributed by atoms with Crippen LogP contribution >= 0.6 is 11.6 Å². The summed E-state index contributed by atoms with van der Waals surface area (Å²) in [7, 11) is 0. The highest BCUT2D eigenvalue weighted by Gasteiger charge is 2.18. The number of aromatic nitrogens is 2. The van der Waals surface area contributed by atoms with Crippen LogP contribution in [0.1, 0.15) is 34.2 Å². The second-order valence-corrected chi connectivity index (χ2v) is 6.75. The molecule has 3 aromatic rings. The van der Waals surface area contributed by atoms with Crippen LogP contribution in [0.4, 0.5) is 0 Å². The molecular weight excluding hydrogens is 350 g/mol. The molecule has 0 fully saturated rings. The highest BCUT2D eigenvalue weighted by molar-refractivity contribution is 6.31. The van der Waals surface area contributed by atoms with Crippen LogP contribution in [0, 0.1) is 13.8 Å². The Morgan fingerprint density at radius 2 is 1.96 bits per heavy atom. The smallest absolute Gasteiger partial charge is 0.258 e. The summed E-state index contributed by atoms with van der Waals surface area (Å²) in [5.74, 6) is 0.354. The summed E-state index contributed by atoms with van der Waals surface area (Å²) < 4.78 is 0. The molecule has 0 aliphatic rings. The molecule has 6 heteroatoms. The minimum absolute atomic E-state index is 0.0810. The van der Waals surface area contributed by atoms with Gasteiger partial charge in [-0.15, -0.1) is 0 Å². The molecule has 2 aromatic carbocycles. The van der Waals surface area contributed by atoms with E-state index in [9.17, 15) is 9.59 Å². The average Bonchev–Trinajstić information content (AvgIpc) is 2.60. The number of aromatic amines is 1. The van der Waals surface area contributed by atoms with Gasteiger partial charge >= 0.3 is 0 Å². The van der Waals surface area contributed by atoms with E-state index in [2.05, 4.69) is 9.97 Å². The number of H-pyrrole nitrogens is 1. The van der Waals surface area contributed by atoms with Crippen molar-refractivity contribution in [1.29, 1.82) is 0 Å². The molecule has 26 heavy (non-hydrogen) atoms. The van der Waals surface area contributed by atoms with Crippen LogP contribution in [0.2, 0.25) is 5.02 Å². The normalized spacial score (nSPS) is 10.9. The number of nitrogens with one attached hydrogen (secondary N) is 1. The summed E-state index contributed by atoms with van der Waals surface area (Å²) in [6.07, 6.45) is 0. The number of carbonyl (C=O) groups is 1. The van der Waals surface area contributed by atoms with Gasteiger partial charge in [0, 0.05) is 17.1 Å². The fourth-order valence-corrected chi connectivity index (χ4v) is 3.05. The van der Waals surface area contributed by atoms with Gasteiger partial charge in [0.1, 0.15) is 5.82 Å². The lowest BCUT2D eigenvalue weighted by Crippen LogP contribution is -2.32. The van der Waals surface area contributed by atoms with Gasteiger partial charge in [0.25, 0.3) is 11.5 Å². The first-order valence-electron chi connectivity index (χ1n) is 8.44. The van der Waals surface area contributed by atoms with Crippen molar-refractivity contribution in [2.24, 2.45) is 0 Å². The van der Waals surface area contributed by atoms with Gasteiger partial charge in [-0.2, -0.15) is 0 Å². The molecule has 0 bridgehead atoms. The highest BCUT2D eigenvalue weighted by atomic mass is 35.5. The Bertz CT molecular complexity index is 1040. The number of nitrogens with zero attached hydrogens (tertiary/aromatic N) is 2. The Morgan fingerprint density at radius 1 is 1.19 bits per heavy atom. The lowest BCUT2D eigenvalue weighted by molar-refractivity contribution is 0.0747. The Labute approximate surface area is 156 Å². The maximum atomic E-state index is 12.9. The van der Waals surface area contributed by atoms with Crippen molar-refractivity contribution in [3.05, 3.63) is 74.3 Å². The fourth-order valence-electron chi connectivity index (χ4n) is 2.88. The zero-order chi connectivity index (χ0) is 18.8. The van der Waals surface area contributed by atoms with Gasteiger partial charge in [-0.25, -0.2) is 4.98 Å². The summed E-state index contributed by atoms with van der Waals surface area (Å²) in [6, 6.07) is 10.8. The van der Waals surface area contributed by atoms with E-state index >= 15 is 0 Å². The van der Waals surface area contributed by atoms with Crippen molar-refractivity contribution in [1.82, 2.24) is 14.9 Å². The van der Waals surface area contributed by atoms with Gasteiger partial charge in [0.15, 0.2) is 0 Å². The topological polar surface area (TPSA) is 66.1 Å². The Hall–Kier alpha value is -2.66. The van der Waals surface area contributed by atoms with Crippen LogP contribution in [-0.2, 0) is 6.54 Å². The van der Waals surface area contributed by atoms with E-state index in [0.29, 0.717) is 33.9 Å². The highest BCUT2D eigenvalue weighted by Crippen LogP contribution is 2.17. The molecular formula is C20H20ClN3O2. The second-order valence-electron chi connectivity index (χ2n) is 6.31. The minimum Gasteiger partial charge on any atom is -0.331 e. The number of aryl methyl sites for hydroxylation is 2. The van der Waals surface area contributed by atoms with E-state index in [-0.39, 0.29) is 18.0 Å². The van der Waals surface area contributed by atoms with Crippen LogP contribution < -0.4 is 5.56 Å². The number of hydrogen-bond donors (Lipinski definition) is 1. The number of hydrogen-bond acceptors (Lipinski definition) is 3. The number of halogens is 1. The first-order chi connectivity index (χ1) is 12.4. The molecule has 0 aliphatic heterocycles. The van der Waals surface area contributed by atoms with Crippen molar-refractivity contribution < 1.29 is 4.79 Å². The molecule has 0 radical (unpaired) electrons. The Kier molecular flexibility index (Phi) is 5.09. The molecule has 1 heterocycles. The van der Waals surface area contributed by atoms with Gasteiger partial charge in [-0.3, -0.25) is 9.59 Å². The van der Waals surface area contributed by atoms with Crippen LogP contribution in [0.5, 0.6) is 0 Å². The van der Waals surface area contributed by atoms with Crippen molar-refractivity contribution in [2.45, 2.75) is 27.3 Å². The largest absolute Gasteiger partial charge is 0.331 e. The number of rotatable bonds is 4. The molecule has 0 atom stereocenters. The lowest BCUT2D eigenvalue weighted by atomic mass is 10.0. The third kappa shape index (κ3) is 3.63. The number of fused-ring (bicyclic) bond motifs is 1. The summed E-state index contributed by atoms with van der Waals surface area (Å²) in [4.78, 5) is 34.1. The molecule has 134 valence electrons. The second kappa shape index (κ2) is 7.30. The zero-order valence-corrected chi connectivity index (χ0v) is 15.7. The molecule has 0 saturated carbocycles. The van der Waals surface area contributed by atoms with Gasteiger partial charge < -0.3 is 9.88 Å². The maximum absolute atomic E-state index is 12.9. The van der Waals surface area contributed by atoms with Crippen molar-refractivity contribution in [3.63, 3.8) is 0 Å². The quantitative estimate of drug-likeness (QED) is 0.759. The van der Waals surface area contributed by atoms with Gasteiger partial charge in [-0.05, 0) is 50.6 Å². The van der Waals surface area contributed by atoms with Crippen LogP contribution in [0.25, 0.3) is 10.9 Å². The number of benzene rings is 2. The van der Waals surface area contributed by atoms with Gasteiger partial charge in [0.05, 0.1) is 17.4 Å². The molecule has 0 saturated heterocycles. The van der Waals surface area contributed by atoms with E-state index in [1.807, 2.05) is 39.0 Å². The Balaban J connectivity index is 1.95. The van der Waals surface area contributed by atoms with E-state index < -0.39 is 0 Å². The number of carbonyl (C=O) groups excluding carboxylic acids is 1. The fraction of sp³-hybridized carbons (Fsp3) is 0.250. The monoisotopic (exact) mass is 369 g/mol. The van der Waals surface area contributed by atoms with E-state index in [4.69, 9.17) is 11.6 Å². The SMILES string of the molecule is CCN(Cc1nc2cc(Cl)ccc2c(=O)[nH]1)C(=O)c1cc(C)ccc1C. The van der Waals surface area contributed by atoms with E-state index in [1.54, 1.807) is 23.1 Å². The summed E-state index contributed by atoms with van der Waals surface area (Å²) in [5.41, 5.74) is 2.90. The molecule has 1 N–H and O–H groups in total. The van der Waals surface area contributed by atoms with Crippen LogP contribution in [0.3, 0.4) is 0 Å². The average molecular weight is 370 g/mol. The zero-order valence-electron chi connectivity index (χ0n) is 15.0. The molecule has 1 amide bonds. The standard InChI is InChI=1S/C20H20ClN3O2/c1-4-24(20(26)16-9-12(2)5-6-13(16)3)11-18-22-17-10-14(21)7-8-15(17)19(25)23-18/h5-10H,4,11H2,1-3H3,(H,22,23,25). The first kappa shape index (κ1) is 18.1. The predicted octanol–water partition coefficient (Wildman–Crippen LogP) is 3.86. The predicted molar refractivity (Wildman–Crippen MR) is 104 cm³/mol. The molecule has 0 unspecified atom stereocenters. The van der Waals surface area contributed by atoms with Crippen LogP contribution in [0.15, 0.2) is 41.2 Å². The summed E-state index contributed by atoms with van der Waals surface area (Å²) >= 11 is 6.00. The minimum atomic E-state index is -0.239. The van der Waals surface area contributed by atoms with Gasteiger partial charge in [0.2, 0.25) is 0 Å². The molecule has 1 aromatic heterocycles. The molecule has 0 spiro atoms. The van der Waals surface area contributed by atoms with Crippen molar-refractivity contribution in [2.75, 3.05) is 6.54 Å². The summed E-state index contributed by atoms with van der Waals surface area (Å²) in [6.45, 7) is 6.50. The van der Waals surface area contributed by atoms with Crippen molar-refractivity contribution >= 4 is 28.4 Å². The first-order valence-corrected chi connectivity index (χ1v) is 8.82. The lowest BCUT2D eigenvalue weighted by Gasteiger charge is -2.21. The Morgan fingerprint density at radius 3 is 2.69 bits per heavy atom. The molecule has 3 rings (SSSR count). The van der Waals surface area contributed by atoms with Crippen LogP contribution in [-0.4, -0.2) is 27.3 Å². The molecule has 5 nitrogen and oxygen atoms in total. The van der Waals surface area contributed by atoms with Gasteiger partial charge in [-0.1, -0.05) is 29.3 Å². The number of amides is 1.